The average molecular weight is 577 g/mol. The summed E-state index contributed by atoms with van der Waals surface area (Å²) in [4.78, 5) is 28.2. The molecule has 0 aliphatic heterocycles. The normalized spacial score (nSPS) is 12.2. The van der Waals surface area contributed by atoms with Crippen LogP contribution in [0.3, 0.4) is 0 Å². The summed E-state index contributed by atoms with van der Waals surface area (Å²) in [6, 6.07) is 18.6. The zero-order valence-electron chi connectivity index (χ0n) is 21.7. The second kappa shape index (κ2) is 12.7. The number of nitrogens with one attached hydrogen (secondary N) is 1. The highest BCUT2D eigenvalue weighted by Crippen LogP contribution is 2.29. The fraction of sp³-hybridized carbons (Fsp3) is 0.286. The molecule has 3 rings (SSSR count). The lowest BCUT2D eigenvalue weighted by molar-refractivity contribution is -0.139. The first-order chi connectivity index (χ1) is 17.9. The molecule has 0 saturated heterocycles. The topological polar surface area (TPSA) is 86.8 Å². The summed E-state index contributed by atoms with van der Waals surface area (Å²) in [5.74, 6) is -0.941. The summed E-state index contributed by atoms with van der Waals surface area (Å²) in [5, 5.41) is 3.61. The van der Waals surface area contributed by atoms with Gasteiger partial charge in [0.1, 0.15) is 12.6 Å². The van der Waals surface area contributed by atoms with Gasteiger partial charge in [0.2, 0.25) is 11.8 Å². The van der Waals surface area contributed by atoms with Gasteiger partial charge in [-0.25, -0.2) is 8.42 Å². The molecule has 3 aromatic carbocycles. The first kappa shape index (κ1) is 29.5. The molecule has 2 amide bonds. The van der Waals surface area contributed by atoms with E-state index in [4.69, 9.17) is 23.2 Å². The van der Waals surface area contributed by atoms with Crippen LogP contribution in [0.5, 0.6) is 0 Å². The minimum absolute atomic E-state index is 0.0130. The molecule has 7 nitrogen and oxygen atoms in total. The van der Waals surface area contributed by atoms with Crippen LogP contribution in [0.1, 0.15) is 31.9 Å². The number of carbonyl (C=O) groups excluding carboxylic acids is 2. The van der Waals surface area contributed by atoms with Crippen LogP contribution in [0.4, 0.5) is 5.69 Å². The Morgan fingerprint density at radius 1 is 0.895 bits per heavy atom. The molecule has 0 fully saturated rings. The molecule has 0 aliphatic carbocycles. The van der Waals surface area contributed by atoms with Gasteiger partial charge in [0.05, 0.1) is 10.6 Å². The SMILES string of the molecule is Cc1ccc(N(CC(=O)N(Cc2ccccc2Cl)[C@H](C)C(=O)NC(C)C)S(=O)(=O)c2ccccc2)cc1Cl. The summed E-state index contributed by atoms with van der Waals surface area (Å²) in [5.41, 5.74) is 1.62. The molecule has 0 radical (unpaired) electrons. The van der Waals surface area contributed by atoms with Crippen LogP contribution in [0.2, 0.25) is 10.0 Å². The Morgan fingerprint density at radius 2 is 1.53 bits per heavy atom. The van der Waals surface area contributed by atoms with Crippen molar-refractivity contribution in [2.75, 3.05) is 10.8 Å². The van der Waals surface area contributed by atoms with Gasteiger partial charge in [-0.2, -0.15) is 0 Å². The number of aryl methyl sites for hydroxylation is 1. The maximum absolute atomic E-state index is 13.9. The number of carbonyl (C=O) groups is 2. The Bertz CT molecular complexity index is 1400. The van der Waals surface area contributed by atoms with Crippen LogP contribution in [0.25, 0.3) is 0 Å². The molecule has 0 bridgehead atoms. The average Bonchev–Trinajstić information content (AvgIpc) is 2.88. The number of anilines is 1. The van der Waals surface area contributed by atoms with Crippen LogP contribution in [-0.4, -0.2) is 43.8 Å². The smallest absolute Gasteiger partial charge is 0.264 e. The van der Waals surface area contributed by atoms with Gasteiger partial charge in [-0.15, -0.1) is 0 Å². The Hall–Kier alpha value is -3.07. The number of amides is 2. The number of nitrogens with zero attached hydrogens (tertiary/aromatic N) is 2. The molecule has 0 aliphatic rings. The predicted octanol–water partition coefficient (Wildman–Crippen LogP) is 5.44. The van der Waals surface area contributed by atoms with E-state index in [2.05, 4.69) is 5.32 Å². The molecule has 10 heteroatoms. The van der Waals surface area contributed by atoms with E-state index in [0.717, 1.165) is 9.87 Å². The Kier molecular flexibility index (Phi) is 9.82. The summed E-state index contributed by atoms with van der Waals surface area (Å²) < 4.78 is 28.5. The van der Waals surface area contributed by atoms with E-state index in [1.54, 1.807) is 68.4 Å². The summed E-state index contributed by atoms with van der Waals surface area (Å²) >= 11 is 12.7. The van der Waals surface area contributed by atoms with Gasteiger partial charge < -0.3 is 10.2 Å². The number of sulfonamides is 1. The number of benzene rings is 3. The summed E-state index contributed by atoms with van der Waals surface area (Å²) in [6.07, 6.45) is 0. The van der Waals surface area contributed by atoms with Crippen LogP contribution < -0.4 is 9.62 Å². The molecule has 0 unspecified atom stereocenters. The lowest BCUT2D eigenvalue weighted by Crippen LogP contribution is -2.52. The van der Waals surface area contributed by atoms with Gasteiger partial charge in [-0.1, -0.05) is 65.7 Å². The molecule has 202 valence electrons. The molecule has 1 atom stereocenters. The van der Waals surface area contributed by atoms with Gasteiger partial charge in [0.15, 0.2) is 0 Å². The third kappa shape index (κ3) is 7.07. The quantitative estimate of drug-likeness (QED) is 0.348. The first-order valence-corrected chi connectivity index (χ1v) is 14.3. The molecule has 0 heterocycles. The van der Waals surface area contributed by atoms with Crippen molar-refractivity contribution in [2.24, 2.45) is 0 Å². The lowest BCUT2D eigenvalue weighted by atomic mass is 10.1. The highest BCUT2D eigenvalue weighted by molar-refractivity contribution is 7.92. The van der Waals surface area contributed by atoms with E-state index in [9.17, 15) is 18.0 Å². The maximum Gasteiger partial charge on any atom is 0.264 e. The summed E-state index contributed by atoms with van der Waals surface area (Å²) in [7, 11) is -4.16. The predicted molar refractivity (Wildman–Crippen MR) is 152 cm³/mol. The lowest BCUT2D eigenvalue weighted by Gasteiger charge is -2.32. The fourth-order valence-electron chi connectivity index (χ4n) is 3.78. The van der Waals surface area contributed by atoms with E-state index in [0.29, 0.717) is 15.6 Å². The molecule has 0 aromatic heterocycles. The molecule has 0 saturated carbocycles. The first-order valence-electron chi connectivity index (χ1n) is 12.1. The molecular formula is C28H31Cl2N3O4S. The number of rotatable bonds is 10. The minimum atomic E-state index is -4.16. The Labute approximate surface area is 234 Å². The van der Waals surface area contributed by atoms with E-state index in [-0.39, 0.29) is 29.1 Å². The second-order valence-corrected chi connectivity index (χ2v) is 11.9. The van der Waals surface area contributed by atoms with E-state index < -0.39 is 28.5 Å². The standard InChI is InChI=1S/C28H31Cl2N3O4S/c1-19(2)31-28(35)21(4)32(17-22-10-8-9-13-25(22)29)27(34)18-33(23-15-14-20(3)26(30)16-23)38(36,37)24-11-6-5-7-12-24/h5-16,19,21H,17-18H2,1-4H3,(H,31,35)/t21-/m1/s1. The van der Waals surface area contributed by atoms with Crippen molar-refractivity contribution >= 4 is 50.7 Å². The van der Waals surface area contributed by atoms with Crippen molar-refractivity contribution in [3.63, 3.8) is 0 Å². The second-order valence-electron chi connectivity index (χ2n) is 9.21. The van der Waals surface area contributed by atoms with Gasteiger partial charge in [-0.05, 0) is 69.2 Å². The zero-order chi connectivity index (χ0) is 28.0. The summed E-state index contributed by atoms with van der Waals surface area (Å²) in [6.45, 7) is 6.50. The number of halogens is 2. The van der Waals surface area contributed by atoms with Crippen LogP contribution in [0, 0.1) is 6.92 Å². The van der Waals surface area contributed by atoms with Crippen LogP contribution in [-0.2, 0) is 26.2 Å². The monoisotopic (exact) mass is 575 g/mol. The maximum atomic E-state index is 13.9. The molecule has 3 aromatic rings. The van der Waals surface area contributed by atoms with Crippen molar-refractivity contribution in [1.82, 2.24) is 10.2 Å². The van der Waals surface area contributed by atoms with Crippen molar-refractivity contribution in [1.29, 1.82) is 0 Å². The highest BCUT2D eigenvalue weighted by Gasteiger charge is 2.33. The van der Waals surface area contributed by atoms with Crippen molar-refractivity contribution in [2.45, 2.75) is 51.2 Å². The van der Waals surface area contributed by atoms with Gasteiger partial charge in [-0.3, -0.25) is 13.9 Å². The Morgan fingerprint density at radius 3 is 2.13 bits per heavy atom. The van der Waals surface area contributed by atoms with Crippen molar-refractivity contribution in [3.8, 4) is 0 Å². The Balaban J connectivity index is 2.06. The van der Waals surface area contributed by atoms with E-state index in [1.807, 2.05) is 13.8 Å². The van der Waals surface area contributed by atoms with Gasteiger partial charge >= 0.3 is 0 Å². The molecule has 0 spiro atoms. The largest absolute Gasteiger partial charge is 0.352 e. The van der Waals surface area contributed by atoms with Crippen LogP contribution >= 0.6 is 23.2 Å². The number of hydrogen-bond acceptors (Lipinski definition) is 4. The van der Waals surface area contributed by atoms with E-state index in [1.165, 1.54) is 23.1 Å². The number of hydrogen-bond donors (Lipinski definition) is 1. The third-order valence-electron chi connectivity index (χ3n) is 5.95. The third-order valence-corrected chi connectivity index (χ3v) is 8.51. The molecule has 1 N–H and O–H groups in total. The van der Waals surface area contributed by atoms with Crippen molar-refractivity contribution < 1.29 is 18.0 Å². The molecule has 38 heavy (non-hydrogen) atoms. The van der Waals surface area contributed by atoms with Crippen LogP contribution in [0.15, 0.2) is 77.7 Å². The van der Waals surface area contributed by atoms with E-state index >= 15 is 0 Å². The van der Waals surface area contributed by atoms with Crippen molar-refractivity contribution in [3.05, 3.63) is 94.0 Å². The van der Waals surface area contributed by atoms with Gasteiger partial charge in [0, 0.05) is 22.6 Å². The fourth-order valence-corrected chi connectivity index (χ4v) is 5.58. The zero-order valence-corrected chi connectivity index (χ0v) is 24.0. The molecular weight excluding hydrogens is 545 g/mol. The minimum Gasteiger partial charge on any atom is -0.352 e. The van der Waals surface area contributed by atoms with Gasteiger partial charge in [0.25, 0.3) is 10.0 Å². The highest BCUT2D eigenvalue weighted by atomic mass is 35.5.